The van der Waals surface area contributed by atoms with E-state index in [4.69, 9.17) is 0 Å². The number of phenolic OH excluding ortho intramolecular Hbond substituents is 1. The summed E-state index contributed by atoms with van der Waals surface area (Å²) in [4.78, 5) is 7.25. The molecule has 0 bridgehead atoms. The van der Waals surface area contributed by atoms with Crippen LogP contribution < -0.4 is 9.80 Å². The molecule has 1 aliphatic rings. The number of phenols is 1. The van der Waals surface area contributed by atoms with Crippen molar-refractivity contribution in [2.45, 2.75) is 58.4 Å². The van der Waals surface area contributed by atoms with Gasteiger partial charge in [-0.3, -0.25) is 4.90 Å². The number of nitrogens with zero attached hydrogens (tertiary/aromatic N) is 3. The second-order valence-electron chi connectivity index (χ2n) is 12.7. The third kappa shape index (κ3) is 5.96. The molecule has 0 aromatic heterocycles. The number of piperazine rings is 1. The molecule has 198 valence electrons. The van der Waals surface area contributed by atoms with Crippen molar-refractivity contribution in [2.24, 2.45) is 0 Å². The number of aromatic hydroxyl groups is 1. The maximum Gasteiger partial charge on any atom is 0.123 e. The topological polar surface area (TPSA) is 30.0 Å². The Kier molecular flexibility index (Phi) is 7.62. The predicted octanol–water partition coefficient (Wildman–Crippen LogP) is 6.96. The lowest BCUT2D eigenvalue weighted by molar-refractivity contribution is 0.212. The Labute approximate surface area is 224 Å². The van der Waals surface area contributed by atoms with E-state index in [0.29, 0.717) is 5.75 Å². The van der Waals surface area contributed by atoms with Crippen LogP contribution in [0.3, 0.4) is 0 Å². The van der Waals surface area contributed by atoms with Crippen LogP contribution >= 0.6 is 0 Å². The minimum atomic E-state index is -0.161. The van der Waals surface area contributed by atoms with Gasteiger partial charge in [0.15, 0.2) is 0 Å². The molecular formula is C33H45N3O. The Balaban J connectivity index is 1.79. The molecule has 1 N–H and O–H groups in total. The first-order valence-electron chi connectivity index (χ1n) is 13.6. The fourth-order valence-corrected chi connectivity index (χ4v) is 5.40. The lowest BCUT2D eigenvalue weighted by atomic mass is 9.77. The number of benzene rings is 3. The number of anilines is 2. The average Bonchev–Trinajstić information content (AvgIpc) is 2.85. The van der Waals surface area contributed by atoms with Gasteiger partial charge in [-0.2, -0.15) is 0 Å². The Bertz CT molecular complexity index is 1140. The Morgan fingerprint density at radius 1 is 0.703 bits per heavy atom. The molecule has 0 unspecified atom stereocenters. The molecule has 0 radical (unpaired) electrons. The standard InChI is InChI=1S/C33H45N3O/c1-32(2,3)28-22-25(23-29(31(28)37)33(4,5)6)30(24-14-16-26(17-15-24)34(7)8)36-20-18-35(19-21-36)27-12-10-9-11-13-27/h9-17,22-23,30,37H,18-21H2,1-8H3/t30-/m1/s1. The number of rotatable bonds is 5. The highest BCUT2D eigenvalue weighted by atomic mass is 16.3. The first-order valence-corrected chi connectivity index (χ1v) is 13.6. The third-order valence-electron chi connectivity index (χ3n) is 7.59. The average molecular weight is 500 g/mol. The van der Waals surface area contributed by atoms with E-state index in [1.165, 1.54) is 22.5 Å². The minimum absolute atomic E-state index is 0.122. The van der Waals surface area contributed by atoms with Crippen molar-refractivity contribution < 1.29 is 5.11 Å². The van der Waals surface area contributed by atoms with Gasteiger partial charge >= 0.3 is 0 Å². The fourth-order valence-electron chi connectivity index (χ4n) is 5.40. The first kappa shape index (κ1) is 27.1. The van der Waals surface area contributed by atoms with Crippen LogP contribution in [0.5, 0.6) is 5.75 Å². The van der Waals surface area contributed by atoms with Crippen LogP contribution in [0.4, 0.5) is 11.4 Å². The van der Waals surface area contributed by atoms with E-state index < -0.39 is 0 Å². The summed E-state index contributed by atoms with van der Waals surface area (Å²) in [5, 5.41) is 11.4. The van der Waals surface area contributed by atoms with Crippen molar-refractivity contribution in [3.8, 4) is 5.75 Å². The van der Waals surface area contributed by atoms with E-state index in [1.54, 1.807) is 0 Å². The van der Waals surface area contributed by atoms with Gasteiger partial charge in [0.05, 0.1) is 6.04 Å². The van der Waals surface area contributed by atoms with Crippen LogP contribution in [0.25, 0.3) is 0 Å². The maximum absolute atomic E-state index is 11.4. The highest BCUT2D eigenvalue weighted by Gasteiger charge is 2.32. The van der Waals surface area contributed by atoms with Gasteiger partial charge in [-0.05, 0) is 69.5 Å². The van der Waals surface area contributed by atoms with Crippen LogP contribution in [0, 0.1) is 0 Å². The lowest BCUT2D eigenvalue weighted by Gasteiger charge is -2.41. The lowest BCUT2D eigenvalue weighted by Crippen LogP contribution is -2.48. The summed E-state index contributed by atoms with van der Waals surface area (Å²) in [5.41, 5.74) is 6.77. The van der Waals surface area contributed by atoms with Gasteiger partial charge in [0.25, 0.3) is 0 Å². The molecule has 0 saturated carbocycles. The monoisotopic (exact) mass is 499 g/mol. The van der Waals surface area contributed by atoms with E-state index in [0.717, 1.165) is 37.3 Å². The molecule has 1 aliphatic heterocycles. The quantitative estimate of drug-likeness (QED) is 0.411. The second kappa shape index (κ2) is 10.4. The second-order valence-corrected chi connectivity index (χ2v) is 12.7. The van der Waals surface area contributed by atoms with E-state index in [9.17, 15) is 5.11 Å². The Morgan fingerprint density at radius 2 is 1.22 bits per heavy atom. The van der Waals surface area contributed by atoms with Crippen molar-refractivity contribution in [3.05, 3.63) is 89.0 Å². The van der Waals surface area contributed by atoms with Gasteiger partial charge in [-0.15, -0.1) is 0 Å². The summed E-state index contributed by atoms with van der Waals surface area (Å²) in [5.74, 6) is 0.444. The molecule has 1 heterocycles. The van der Waals surface area contributed by atoms with E-state index in [2.05, 4.69) is 137 Å². The van der Waals surface area contributed by atoms with Crippen molar-refractivity contribution in [1.29, 1.82) is 0 Å². The summed E-state index contributed by atoms with van der Waals surface area (Å²) in [6.07, 6.45) is 0. The van der Waals surface area contributed by atoms with E-state index >= 15 is 0 Å². The maximum atomic E-state index is 11.4. The molecule has 1 saturated heterocycles. The van der Waals surface area contributed by atoms with Crippen molar-refractivity contribution in [2.75, 3.05) is 50.1 Å². The van der Waals surface area contributed by atoms with Gasteiger partial charge < -0.3 is 14.9 Å². The SMILES string of the molecule is CN(C)c1ccc([C@H](c2cc(C(C)(C)C)c(O)c(C(C)(C)C)c2)N2CCN(c3ccccc3)CC2)cc1. The molecule has 4 nitrogen and oxygen atoms in total. The van der Waals surface area contributed by atoms with E-state index in [1.807, 2.05) is 0 Å². The fraction of sp³-hybridized carbons (Fsp3) is 0.455. The Hall–Kier alpha value is -2.98. The molecule has 37 heavy (non-hydrogen) atoms. The third-order valence-corrected chi connectivity index (χ3v) is 7.59. The number of hydrogen-bond acceptors (Lipinski definition) is 4. The van der Waals surface area contributed by atoms with Crippen LogP contribution in [-0.4, -0.2) is 50.3 Å². The molecule has 3 aromatic carbocycles. The molecule has 1 atom stereocenters. The minimum Gasteiger partial charge on any atom is -0.507 e. The molecule has 1 fully saturated rings. The molecular weight excluding hydrogens is 454 g/mol. The summed E-state index contributed by atoms with van der Waals surface area (Å²) in [7, 11) is 4.17. The zero-order chi connectivity index (χ0) is 27.0. The summed E-state index contributed by atoms with van der Waals surface area (Å²) in [6.45, 7) is 17.1. The molecule has 4 rings (SSSR count). The van der Waals surface area contributed by atoms with Crippen LogP contribution in [0.15, 0.2) is 66.7 Å². The Morgan fingerprint density at radius 3 is 1.68 bits per heavy atom. The molecule has 0 amide bonds. The molecule has 0 aliphatic carbocycles. The van der Waals surface area contributed by atoms with Crippen LogP contribution in [0.2, 0.25) is 0 Å². The number of hydrogen-bond donors (Lipinski definition) is 1. The van der Waals surface area contributed by atoms with Crippen LogP contribution in [-0.2, 0) is 10.8 Å². The van der Waals surface area contributed by atoms with Crippen molar-refractivity contribution in [3.63, 3.8) is 0 Å². The summed E-state index contributed by atoms with van der Waals surface area (Å²) < 4.78 is 0. The van der Waals surface area contributed by atoms with Gasteiger partial charge in [0, 0.05) is 51.6 Å². The summed E-state index contributed by atoms with van der Waals surface area (Å²) >= 11 is 0. The van der Waals surface area contributed by atoms with Gasteiger partial charge in [0.1, 0.15) is 5.75 Å². The van der Waals surface area contributed by atoms with Crippen LogP contribution in [0.1, 0.15) is 69.8 Å². The normalized spacial score (nSPS) is 16.1. The van der Waals surface area contributed by atoms with E-state index in [-0.39, 0.29) is 16.9 Å². The highest BCUT2D eigenvalue weighted by molar-refractivity contribution is 5.53. The van der Waals surface area contributed by atoms with Gasteiger partial charge in [-0.1, -0.05) is 71.9 Å². The highest BCUT2D eigenvalue weighted by Crippen LogP contribution is 2.43. The van der Waals surface area contributed by atoms with Crippen molar-refractivity contribution in [1.82, 2.24) is 4.90 Å². The van der Waals surface area contributed by atoms with Crippen molar-refractivity contribution >= 4 is 11.4 Å². The molecule has 0 spiro atoms. The van der Waals surface area contributed by atoms with Gasteiger partial charge in [0.2, 0.25) is 0 Å². The zero-order valence-electron chi connectivity index (χ0n) is 24.0. The largest absolute Gasteiger partial charge is 0.507 e. The van der Waals surface area contributed by atoms with Gasteiger partial charge in [-0.25, -0.2) is 0 Å². The molecule has 4 heteroatoms. The predicted molar refractivity (Wildman–Crippen MR) is 158 cm³/mol. The zero-order valence-corrected chi connectivity index (χ0v) is 24.0. The summed E-state index contributed by atoms with van der Waals surface area (Å²) in [6, 6.07) is 24.4. The number of para-hydroxylation sites is 1. The smallest absolute Gasteiger partial charge is 0.123 e. The molecule has 3 aromatic rings. The first-order chi connectivity index (χ1) is 17.4.